The van der Waals surface area contributed by atoms with E-state index in [9.17, 15) is 8.42 Å². The van der Waals surface area contributed by atoms with Crippen molar-refractivity contribution >= 4 is 10.2 Å². The summed E-state index contributed by atoms with van der Waals surface area (Å²) in [6.07, 6.45) is 1.12. The molecule has 0 aromatic carbocycles. The highest BCUT2D eigenvalue weighted by Gasteiger charge is 2.31. The van der Waals surface area contributed by atoms with Crippen molar-refractivity contribution in [2.24, 2.45) is 29.6 Å². The number of nitrogens with one attached hydrogen (secondary N) is 1. The van der Waals surface area contributed by atoms with Crippen molar-refractivity contribution in [3.8, 4) is 0 Å². The van der Waals surface area contributed by atoms with Gasteiger partial charge in [-0.05, 0) is 36.0 Å². The van der Waals surface area contributed by atoms with E-state index in [1.165, 1.54) is 0 Å². The molecular formula is C15H32N2O2S. The summed E-state index contributed by atoms with van der Waals surface area (Å²) in [5.41, 5.74) is 0. The Morgan fingerprint density at radius 3 is 1.90 bits per heavy atom. The van der Waals surface area contributed by atoms with E-state index in [1.54, 1.807) is 4.31 Å². The van der Waals surface area contributed by atoms with Gasteiger partial charge in [0.05, 0.1) is 0 Å². The minimum Gasteiger partial charge on any atom is -0.202 e. The molecule has 1 fully saturated rings. The second-order valence-electron chi connectivity index (χ2n) is 7.27. The SMILES string of the molecule is CC1CC(C)CN(S(=O)(=O)NCC(C(C)C)C(C)C)C1. The molecule has 1 heterocycles. The zero-order chi connectivity index (χ0) is 15.5. The van der Waals surface area contributed by atoms with Crippen LogP contribution in [0.4, 0.5) is 0 Å². The Kier molecular flexibility index (Phi) is 6.48. The number of rotatable bonds is 6. The molecule has 0 bridgehead atoms. The molecule has 0 aromatic heterocycles. The predicted molar refractivity (Wildman–Crippen MR) is 84.6 cm³/mol. The van der Waals surface area contributed by atoms with Crippen LogP contribution in [-0.4, -0.2) is 32.4 Å². The molecule has 0 aliphatic carbocycles. The van der Waals surface area contributed by atoms with E-state index in [-0.39, 0.29) is 0 Å². The molecule has 4 nitrogen and oxygen atoms in total. The van der Waals surface area contributed by atoms with Gasteiger partial charge in [-0.1, -0.05) is 41.5 Å². The van der Waals surface area contributed by atoms with Gasteiger partial charge in [0.1, 0.15) is 0 Å². The smallest absolute Gasteiger partial charge is 0.202 e. The van der Waals surface area contributed by atoms with Crippen LogP contribution < -0.4 is 4.72 Å². The van der Waals surface area contributed by atoms with Gasteiger partial charge in [0.2, 0.25) is 0 Å². The lowest BCUT2D eigenvalue weighted by Gasteiger charge is -2.35. The number of hydrogen-bond acceptors (Lipinski definition) is 2. The van der Waals surface area contributed by atoms with Gasteiger partial charge in [0.15, 0.2) is 0 Å². The molecule has 0 spiro atoms. The summed E-state index contributed by atoms with van der Waals surface area (Å²) >= 11 is 0. The summed E-state index contributed by atoms with van der Waals surface area (Å²) < 4.78 is 29.3. The topological polar surface area (TPSA) is 49.4 Å². The largest absolute Gasteiger partial charge is 0.279 e. The van der Waals surface area contributed by atoms with Crippen molar-refractivity contribution in [1.82, 2.24) is 9.03 Å². The Labute approximate surface area is 125 Å². The van der Waals surface area contributed by atoms with Crippen molar-refractivity contribution < 1.29 is 8.42 Å². The lowest BCUT2D eigenvalue weighted by atomic mass is 9.86. The van der Waals surface area contributed by atoms with E-state index in [0.717, 1.165) is 6.42 Å². The Morgan fingerprint density at radius 1 is 1.05 bits per heavy atom. The fourth-order valence-electron chi connectivity index (χ4n) is 3.34. The Bertz CT molecular complexity index is 375. The van der Waals surface area contributed by atoms with Gasteiger partial charge in [-0.2, -0.15) is 12.7 Å². The molecule has 2 unspecified atom stereocenters. The van der Waals surface area contributed by atoms with Crippen LogP contribution in [0.15, 0.2) is 0 Å². The summed E-state index contributed by atoms with van der Waals surface area (Å²) in [6, 6.07) is 0. The highest BCUT2D eigenvalue weighted by atomic mass is 32.2. The maximum absolute atomic E-state index is 12.4. The third kappa shape index (κ3) is 5.01. The highest BCUT2D eigenvalue weighted by molar-refractivity contribution is 7.87. The summed E-state index contributed by atoms with van der Waals surface area (Å²) in [4.78, 5) is 0. The first-order valence-corrected chi connectivity index (χ1v) is 9.32. The summed E-state index contributed by atoms with van der Waals surface area (Å²) in [7, 11) is -3.33. The molecule has 0 saturated carbocycles. The summed E-state index contributed by atoms with van der Waals surface area (Å²) in [6.45, 7) is 14.7. The second-order valence-corrected chi connectivity index (χ2v) is 9.02. The van der Waals surface area contributed by atoms with E-state index in [1.807, 2.05) is 0 Å². The highest BCUT2D eigenvalue weighted by Crippen LogP contribution is 2.24. The van der Waals surface area contributed by atoms with Gasteiger partial charge in [-0.25, -0.2) is 4.72 Å². The summed E-state index contributed by atoms with van der Waals surface area (Å²) in [5, 5.41) is 0. The number of nitrogens with zero attached hydrogens (tertiary/aromatic N) is 1. The van der Waals surface area contributed by atoms with E-state index in [0.29, 0.717) is 49.2 Å². The lowest BCUT2D eigenvalue weighted by Crippen LogP contribution is -2.49. The molecule has 1 N–H and O–H groups in total. The minimum absolute atomic E-state index is 0.379. The first-order chi connectivity index (χ1) is 9.13. The fraction of sp³-hybridized carbons (Fsp3) is 1.00. The molecule has 20 heavy (non-hydrogen) atoms. The van der Waals surface area contributed by atoms with Crippen LogP contribution >= 0.6 is 0 Å². The fourth-order valence-corrected chi connectivity index (χ4v) is 4.82. The Balaban J connectivity index is 2.65. The van der Waals surface area contributed by atoms with Crippen molar-refractivity contribution in [3.05, 3.63) is 0 Å². The van der Waals surface area contributed by atoms with Gasteiger partial charge >= 0.3 is 0 Å². The molecule has 0 amide bonds. The number of piperidine rings is 1. The predicted octanol–water partition coefficient (Wildman–Crippen LogP) is 2.73. The van der Waals surface area contributed by atoms with Gasteiger partial charge in [0.25, 0.3) is 10.2 Å². The third-order valence-corrected chi connectivity index (χ3v) is 5.90. The Morgan fingerprint density at radius 2 is 1.50 bits per heavy atom. The lowest BCUT2D eigenvalue weighted by molar-refractivity contribution is 0.218. The molecule has 1 rings (SSSR count). The normalized spacial score (nSPS) is 25.9. The monoisotopic (exact) mass is 304 g/mol. The van der Waals surface area contributed by atoms with Gasteiger partial charge in [-0.3, -0.25) is 0 Å². The minimum atomic E-state index is -3.33. The quantitative estimate of drug-likeness (QED) is 0.820. The van der Waals surface area contributed by atoms with E-state index in [2.05, 4.69) is 46.3 Å². The average Bonchev–Trinajstić information content (AvgIpc) is 2.26. The van der Waals surface area contributed by atoms with Gasteiger partial charge < -0.3 is 0 Å². The molecule has 2 atom stereocenters. The van der Waals surface area contributed by atoms with Gasteiger partial charge in [0, 0.05) is 19.6 Å². The molecular weight excluding hydrogens is 272 g/mol. The van der Waals surface area contributed by atoms with Crippen molar-refractivity contribution in [1.29, 1.82) is 0 Å². The van der Waals surface area contributed by atoms with Crippen LogP contribution in [0.5, 0.6) is 0 Å². The third-order valence-electron chi connectivity index (χ3n) is 4.39. The van der Waals surface area contributed by atoms with Crippen molar-refractivity contribution in [2.45, 2.75) is 48.0 Å². The zero-order valence-corrected chi connectivity index (χ0v) is 14.7. The average molecular weight is 305 g/mol. The van der Waals surface area contributed by atoms with Crippen LogP contribution in [0.1, 0.15) is 48.0 Å². The Hall–Kier alpha value is -0.130. The van der Waals surface area contributed by atoms with E-state index in [4.69, 9.17) is 0 Å². The van der Waals surface area contributed by atoms with E-state index < -0.39 is 10.2 Å². The first kappa shape index (κ1) is 17.9. The van der Waals surface area contributed by atoms with Crippen LogP contribution in [-0.2, 0) is 10.2 Å². The van der Waals surface area contributed by atoms with Crippen LogP contribution in [0, 0.1) is 29.6 Å². The summed E-state index contributed by atoms with van der Waals surface area (Å²) in [5.74, 6) is 2.24. The molecule has 1 aliphatic rings. The molecule has 5 heteroatoms. The molecule has 0 aromatic rings. The maximum atomic E-state index is 12.4. The van der Waals surface area contributed by atoms with Crippen LogP contribution in [0.2, 0.25) is 0 Å². The van der Waals surface area contributed by atoms with Crippen molar-refractivity contribution in [2.75, 3.05) is 19.6 Å². The molecule has 1 aliphatic heterocycles. The number of hydrogen-bond donors (Lipinski definition) is 1. The molecule has 1 saturated heterocycles. The second kappa shape index (κ2) is 7.23. The maximum Gasteiger partial charge on any atom is 0.279 e. The first-order valence-electron chi connectivity index (χ1n) is 7.88. The van der Waals surface area contributed by atoms with Crippen LogP contribution in [0.3, 0.4) is 0 Å². The zero-order valence-electron chi connectivity index (χ0n) is 13.9. The van der Waals surface area contributed by atoms with Crippen LogP contribution in [0.25, 0.3) is 0 Å². The van der Waals surface area contributed by atoms with E-state index >= 15 is 0 Å². The standard InChI is InChI=1S/C15H32N2O2S/c1-11(2)15(12(3)4)8-16-20(18,19)17-9-13(5)7-14(6)10-17/h11-16H,7-10H2,1-6H3. The van der Waals surface area contributed by atoms with Crippen molar-refractivity contribution in [3.63, 3.8) is 0 Å². The molecule has 120 valence electrons. The van der Waals surface area contributed by atoms with Gasteiger partial charge in [-0.15, -0.1) is 0 Å². The molecule has 0 radical (unpaired) electrons.